The predicted molar refractivity (Wildman–Crippen MR) is 164 cm³/mol. The maximum atomic E-state index is 13.8. The molecule has 2 heterocycles. The van der Waals surface area contributed by atoms with Crippen LogP contribution in [0.3, 0.4) is 0 Å². The first kappa shape index (κ1) is 29.1. The lowest BCUT2D eigenvalue weighted by Crippen LogP contribution is -2.54. The Morgan fingerprint density at radius 1 is 0.951 bits per heavy atom. The number of amides is 1. The highest BCUT2D eigenvalue weighted by Gasteiger charge is 2.47. The van der Waals surface area contributed by atoms with Gasteiger partial charge in [0.05, 0.1) is 25.2 Å². The average molecular weight is 577 g/mol. The monoisotopic (exact) mass is 576 g/mol. The summed E-state index contributed by atoms with van der Waals surface area (Å²) in [6.45, 7) is 2.81. The highest BCUT2D eigenvalue weighted by atomic mass is 32.2. The van der Waals surface area contributed by atoms with Crippen LogP contribution in [0.15, 0.2) is 78.9 Å². The number of ether oxygens (including phenoxy) is 1. The number of benzene rings is 3. The molecule has 1 fully saturated rings. The molecular weight excluding hydrogens is 536 g/mol. The maximum absolute atomic E-state index is 13.8. The lowest BCUT2D eigenvalue weighted by molar-refractivity contribution is -0.136. The molecule has 2 aliphatic rings. The van der Waals surface area contributed by atoms with Crippen LogP contribution >= 0.6 is 0 Å². The normalized spacial score (nSPS) is 17.0. The second-order valence-electron chi connectivity index (χ2n) is 11.4. The average Bonchev–Trinajstić information content (AvgIpc) is 3.30. The zero-order valence-corrected chi connectivity index (χ0v) is 24.9. The number of hydrogen-bond acceptors (Lipinski definition) is 6. The van der Waals surface area contributed by atoms with E-state index >= 15 is 0 Å². The molecule has 8 nitrogen and oxygen atoms in total. The quantitative estimate of drug-likeness (QED) is 0.396. The summed E-state index contributed by atoms with van der Waals surface area (Å²) in [5, 5.41) is 3.45. The predicted octanol–water partition coefficient (Wildman–Crippen LogP) is 3.77. The van der Waals surface area contributed by atoms with Crippen LogP contribution in [0.5, 0.6) is 0 Å². The number of sulfonamides is 1. The van der Waals surface area contributed by atoms with Gasteiger partial charge in [-0.15, -0.1) is 0 Å². The van der Waals surface area contributed by atoms with Crippen LogP contribution in [-0.4, -0.2) is 71.9 Å². The van der Waals surface area contributed by atoms with Gasteiger partial charge in [-0.2, -0.15) is 0 Å². The number of anilines is 2. The number of hydrogen-bond donors (Lipinski definition) is 1. The molecule has 218 valence electrons. The molecule has 41 heavy (non-hydrogen) atoms. The molecule has 0 saturated carbocycles. The number of likely N-dealkylation sites (tertiary alicyclic amines) is 1. The van der Waals surface area contributed by atoms with Gasteiger partial charge in [-0.05, 0) is 47.7 Å². The minimum atomic E-state index is -3.39. The van der Waals surface area contributed by atoms with E-state index in [0.717, 1.165) is 28.1 Å². The van der Waals surface area contributed by atoms with Gasteiger partial charge >= 0.3 is 0 Å². The molecule has 1 saturated heterocycles. The van der Waals surface area contributed by atoms with Gasteiger partial charge in [-0.3, -0.25) is 14.4 Å². The van der Waals surface area contributed by atoms with E-state index in [1.165, 1.54) is 10.6 Å². The molecule has 3 aromatic rings. The van der Waals surface area contributed by atoms with Crippen LogP contribution in [0.2, 0.25) is 0 Å². The smallest absolute Gasteiger partial charge is 0.242 e. The number of nitrogens with one attached hydrogen (secondary N) is 1. The molecule has 5 rings (SSSR count). The molecule has 9 heteroatoms. The van der Waals surface area contributed by atoms with Gasteiger partial charge in [0, 0.05) is 51.4 Å². The first-order valence-electron chi connectivity index (χ1n) is 14.1. The zero-order valence-electron chi connectivity index (χ0n) is 24.1. The highest BCUT2D eigenvalue weighted by molar-refractivity contribution is 7.92. The largest absolute Gasteiger partial charge is 0.378 e. The molecule has 3 aromatic carbocycles. The first-order valence-corrected chi connectivity index (χ1v) is 16.0. The Balaban J connectivity index is 1.27. The fourth-order valence-electron chi connectivity index (χ4n) is 5.92. The van der Waals surface area contributed by atoms with E-state index in [1.807, 2.05) is 73.6 Å². The molecule has 0 aliphatic carbocycles. The van der Waals surface area contributed by atoms with E-state index in [9.17, 15) is 13.2 Å². The van der Waals surface area contributed by atoms with Crippen LogP contribution < -0.4 is 14.5 Å². The van der Waals surface area contributed by atoms with Crippen LogP contribution in [0.1, 0.15) is 29.5 Å². The fourth-order valence-corrected chi connectivity index (χ4v) is 6.92. The third-order valence-electron chi connectivity index (χ3n) is 8.32. The van der Waals surface area contributed by atoms with E-state index in [0.29, 0.717) is 45.6 Å². The van der Waals surface area contributed by atoms with Gasteiger partial charge in [-0.1, -0.05) is 60.7 Å². The number of para-hydroxylation sites is 1. The number of carbonyl (C=O) groups is 1. The topological polar surface area (TPSA) is 82.2 Å². The summed E-state index contributed by atoms with van der Waals surface area (Å²) in [6, 6.07) is 25.5. The number of carbonyl (C=O) groups excluding carboxylic acids is 1. The van der Waals surface area contributed by atoms with Crippen molar-refractivity contribution >= 4 is 27.3 Å². The van der Waals surface area contributed by atoms with Crippen molar-refractivity contribution in [1.82, 2.24) is 10.2 Å². The lowest BCUT2D eigenvalue weighted by Gasteiger charge is -2.41. The van der Waals surface area contributed by atoms with Crippen LogP contribution in [0.4, 0.5) is 11.4 Å². The molecule has 2 aliphatic heterocycles. The summed E-state index contributed by atoms with van der Waals surface area (Å²) in [7, 11) is 0.638. The fraction of sp³-hybridized carbons (Fsp3) is 0.406. The summed E-state index contributed by atoms with van der Waals surface area (Å²) in [4.78, 5) is 17.8. The molecule has 0 radical (unpaired) electrons. The van der Waals surface area contributed by atoms with Crippen molar-refractivity contribution in [2.75, 3.05) is 55.8 Å². The van der Waals surface area contributed by atoms with Gasteiger partial charge in [-0.25, -0.2) is 8.42 Å². The molecule has 1 atom stereocenters. The SMILES string of the molecule is CN(C)c1ccc(CNC(COCc2ccccc2)C(=O)N2CCC3(CC2)CN(S(C)(=O)=O)c2ccccc23)cc1. The Morgan fingerprint density at radius 2 is 1.61 bits per heavy atom. The van der Waals surface area contributed by atoms with Crippen molar-refractivity contribution in [1.29, 1.82) is 0 Å². The van der Waals surface area contributed by atoms with Gasteiger partial charge < -0.3 is 14.5 Å². The molecule has 1 N–H and O–H groups in total. The van der Waals surface area contributed by atoms with E-state index < -0.39 is 16.1 Å². The van der Waals surface area contributed by atoms with E-state index in [1.54, 1.807) is 0 Å². The molecule has 1 unspecified atom stereocenters. The standard InChI is InChI=1S/C32H40N4O4S/c1-34(2)27-15-13-25(14-16-27)21-33-29(23-40-22-26-9-5-4-6-10-26)31(37)35-19-17-32(18-20-35)24-36(41(3,38)39)30-12-8-7-11-28(30)32/h4-16,29,33H,17-24H2,1-3H3. The highest BCUT2D eigenvalue weighted by Crippen LogP contribution is 2.47. The molecule has 0 bridgehead atoms. The van der Waals surface area contributed by atoms with Crippen molar-refractivity contribution in [2.24, 2.45) is 0 Å². The first-order chi connectivity index (χ1) is 19.7. The summed E-state index contributed by atoms with van der Waals surface area (Å²) < 4.78 is 32.7. The Labute approximate surface area is 244 Å². The Hall–Kier alpha value is -3.40. The van der Waals surface area contributed by atoms with Gasteiger partial charge in [0.25, 0.3) is 0 Å². The number of fused-ring (bicyclic) bond motifs is 2. The Morgan fingerprint density at radius 3 is 2.27 bits per heavy atom. The van der Waals surface area contributed by atoms with Gasteiger partial charge in [0.1, 0.15) is 6.04 Å². The Bertz CT molecular complexity index is 1440. The van der Waals surface area contributed by atoms with Crippen LogP contribution in [0, 0.1) is 0 Å². The van der Waals surface area contributed by atoms with Gasteiger partial charge in [0.15, 0.2) is 0 Å². The van der Waals surface area contributed by atoms with Crippen LogP contribution in [-0.2, 0) is 38.1 Å². The molecular formula is C32H40N4O4S. The van der Waals surface area contributed by atoms with Crippen molar-refractivity contribution in [3.63, 3.8) is 0 Å². The minimum absolute atomic E-state index is 0.0177. The Kier molecular flexibility index (Phi) is 8.68. The molecule has 1 amide bonds. The minimum Gasteiger partial charge on any atom is -0.378 e. The summed E-state index contributed by atoms with van der Waals surface area (Å²) in [5.41, 5.74) is 4.84. The summed E-state index contributed by atoms with van der Waals surface area (Å²) in [6.07, 6.45) is 2.69. The molecule has 0 aromatic heterocycles. The van der Waals surface area contributed by atoms with E-state index in [2.05, 4.69) is 34.5 Å². The van der Waals surface area contributed by atoms with Gasteiger partial charge in [0.2, 0.25) is 15.9 Å². The van der Waals surface area contributed by atoms with Crippen molar-refractivity contribution in [3.8, 4) is 0 Å². The number of rotatable bonds is 10. The maximum Gasteiger partial charge on any atom is 0.242 e. The zero-order chi connectivity index (χ0) is 29.0. The van der Waals surface area contributed by atoms with E-state index in [-0.39, 0.29) is 17.9 Å². The van der Waals surface area contributed by atoms with Crippen LogP contribution in [0.25, 0.3) is 0 Å². The third kappa shape index (κ3) is 6.58. The van der Waals surface area contributed by atoms with Crippen molar-refractivity contribution in [3.05, 3.63) is 95.6 Å². The summed E-state index contributed by atoms with van der Waals surface area (Å²) in [5.74, 6) is 0.0177. The third-order valence-corrected chi connectivity index (χ3v) is 9.45. The van der Waals surface area contributed by atoms with Crippen molar-refractivity contribution < 1.29 is 17.9 Å². The van der Waals surface area contributed by atoms with Crippen molar-refractivity contribution in [2.45, 2.75) is 37.5 Å². The second-order valence-corrected chi connectivity index (χ2v) is 13.3. The molecule has 1 spiro atoms. The second kappa shape index (κ2) is 12.2. The van der Waals surface area contributed by atoms with E-state index in [4.69, 9.17) is 4.74 Å². The summed E-state index contributed by atoms with van der Waals surface area (Å²) >= 11 is 0. The number of nitrogens with zero attached hydrogens (tertiary/aromatic N) is 3. The lowest BCUT2D eigenvalue weighted by atomic mass is 9.74. The number of piperidine rings is 1.